The Bertz CT molecular complexity index is 358. The highest BCUT2D eigenvalue weighted by molar-refractivity contribution is 5.89. The molecule has 0 fully saturated rings. The molecule has 4 nitrogen and oxygen atoms in total. The average Bonchev–Trinajstić information content (AvgIpc) is 2.25. The zero-order valence-electron chi connectivity index (χ0n) is 9.11. The molecule has 2 amide bonds. The third-order valence-electron chi connectivity index (χ3n) is 2.11. The summed E-state index contributed by atoms with van der Waals surface area (Å²) in [7, 11) is 0. The molecule has 0 atom stereocenters. The van der Waals surface area contributed by atoms with Gasteiger partial charge in [0.2, 0.25) is 0 Å². The summed E-state index contributed by atoms with van der Waals surface area (Å²) in [5, 5.41) is 11.3. The number of hydrogen-bond donors (Lipinski definition) is 2. The Morgan fingerprint density at radius 2 is 2.31 bits per heavy atom. The second-order valence-electron chi connectivity index (χ2n) is 3.24. The third-order valence-corrected chi connectivity index (χ3v) is 2.11. The van der Waals surface area contributed by atoms with Crippen LogP contribution in [-0.4, -0.2) is 35.7 Å². The summed E-state index contributed by atoms with van der Waals surface area (Å²) in [6.45, 7) is 2.46. The lowest BCUT2D eigenvalue weighted by molar-refractivity contribution is 0.192. The van der Waals surface area contributed by atoms with E-state index >= 15 is 0 Å². The van der Waals surface area contributed by atoms with Gasteiger partial charge in [0.15, 0.2) is 0 Å². The number of halogens is 1. The van der Waals surface area contributed by atoms with Crippen molar-refractivity contribution in [3.8, 4) is 0 Å². The average molecular weight is 226 g/mol. The van der Waals surface area contributed by atoms with Crippen molar-refractivity contribution in [2.24, 2.45) is 0 Å². The van der Waals surface area contributed by atoms with Gasteiger partial charge in [0.05, 0.1) is 6.61 Å². The number of nitrogens with one attached hydrogen (secondary N) is 1. The molecular formula is C11H15FN2O2. The first-order valence-electron chi connectivity index (χ1n) is 5.09. The van der Waals surface area contributed by atoms with Crippen LogP contribution in [0.5, 0.6) is 0 Å². The van der Waals surface area contributed by atoms with E-state index in [9.17, 15) is 9.18 Å². The smallest absolute Gasteiger partial charge is 0.321 e. The van der Waals surface area contributed by atoms with Crippen LogP contribution in [0.4, 0.5) is 14.9 Å². The van der Waals surface area contributed by atoms with E-state index in [1.165, 1.54) is 23.1 Å². The summed E-state index contributed by atoms with van der Waals surface area (Å²) in [5.74, 6) is -0.400. The summed E-state index contributed by atoms with van der Waals surface area (Å²) < 4.78 is 12.8. The fraction of sp³-hybridized carbons (Fsp3) is 0.364. The summed E-state index contributed by atoms with van der Waals surface area (Å²) in [5.41, 5.74) is 0.404. The maximum atomic E-state index is 12.8. The molecule has 0 aliphatic rings. The van der Waals surface area contributed by atoms with E-state index in [-0.39, 0.29) is 19.2 Å². The van der Waals surface area contributed by atoms with Crippen LogP contribution in [0.3, 0.4) is 0 Å². The number of urea groups is 1. The molecule has 0 unspecified atom stereocenters. The zero-order valence-corrected chi connectivity index (χ0v) is 9.11. The van der Waals surface area contributed by atoms with Gasteiger partial charge in [-0.05, 0) is 25.1 Å². The molecule has 5 heteroatoms. The number of amides is 2. The second kappa shape index (κ2) is 6.07. The molecule has 1 rings (SSSR count). The van der Waals surface area contributed by atoms with Gasteiger partial charge in [0, 0.05) is 18.8 Å². The highest BCUT2D eigenvalue weighted by Crippen LogP contribution is 2.09. The van der Waals surface area contributed by atoms with Crippen molar-refractivity contribution in [2.45, 2.75) is 6.92 Å². The maximum Gasteiger partial charge on any atom is 0.321 e. The SMILES string of the molecule is CCN(CCO)C(=O)Nc1cccc(F)c1. The van der Waals surface area contributed by atoms with Crippen molar-refractivity contribution in [3.63, 3.8) is 0 Å². The lowest BCUT2D eigenvalue weighted by Gasteiger charge is -2.20. The van der Waals surface area contributed by atoms with E-state index in [4.69, 9.17) is 5.11 Å². The Morgan fingerprint density at radius 1 is 1.56 bits per heavy atom. The molecule has 0 aromatic heterocycles. The Kier molecular flexibility index (Phi) is 4.72. The van der Waals surface area contributed by atoms with Crippen molar-refractivity contribution in [2.75, 3.05) is 25.0 Å². The van der Waals surface area contributed by atoms with Gasteiger partial charge in [-0.1, -0.05) is 6.07 Å². The van der Waals surface area contributed by atoms with E-state index in [0.29, 0.717) is 12.2 Å². The fourth-order valence-electron chi connectivity index (χ4n) is 1.29. The molecule has 0 aliphatic heterocycles. The minimum atomic E-state index is -0.400. The summed E-state index contributed by atoms with van der Waals surface area (Å²) >= 11 is 0. The van der Waals surface area contributed by atoms with Gasteiger partial charge < -0.3 is 15.3 Å². The van der Waals surface area contributed by atoms with Crippen LogP contribution in [0.2, 0.25) is 0 Å². The molecule has 0 aliphatic carbocycles. The Labute approximate surface area is 93.7 Å². The van der Waals surface area contributed by atoms with Gasteiger partial charge in [-0.3, -0.25) is 0 Å². The van der Waals surface area contributed by atoms with Crippen molar-refractivity contribution in [3.05, 3.63) is 30.1 Å². The van der Waals surface area contributed by atoms with Gasteiger partial charge in [-0.2, -0.15) is 0 Å². The minimum absolute atomic E-state index is 0.0928. The van der Waals surface area contributed by atoms with Gasteiger partial charge in [-0.25, -0.2) is 9.18 Å². The molecule has 0 spiro atoms. The van der Waals surface area contributed by atoms with Gasteiger partial charge in [0.25, 0.3) is 0 Å². The molecule has 0 radical (unpaired) electrons. The van der Waals surface area contributed by atoms with Crippen molar-refractivity contribution in [1.29, 1.82) is 0 Å². The topological polar surface area (TPSA) is 52.6 Å². The Hall–Kier alpha value is -1.62. The molecule has 0 bridgehead atoms. The number of aliphatic hydroxyl groups is 1. The fourth-order valence-corrected chi connectivity index (χ4v) is 1.29. The van der Waals surface area contributed by atoms with Crippen LogP contribution in [0, 0.1) is 5.82 Å². The quantitative estimate of drug-likeness (QED) is 0.820. The molecule has 88 valence electrons. The number of carbonyl (C=O) groups is 1. The summed E-state index contributed by atoms with van der Waals surface area (Å²) in [6, 6.07) is 5.33. The lowest BCUT2D eigenvalue weighted by Crippen LogP contribution is -2.36. The number of likely N-dealkylation sites (N-methyl/N-ethyl adjacent to an activating group) is 1. The number of carbonyl (C=O) groups excluding carboxylic acids is 1. The largest absolute Gasteiger partial charge is 0.395 e. The first-order valence-corrected chi connectivity index (χ1v) is 5.09. The molecule has 1 aromatic rings. The number of nitrogens with zero attached hydrogens (tertiary/aromatic N) is 1. The van der Waals surface area contributed by atoms with Crippen LogP contribution < -0.4 is 5.32 Å². The predicted molar refractivity (Wildman–Crippen MR) is 59.8 cm³/mol. The van der Waals surface area contributed by atoms with Gasteiger partial charge in [0.1, 0.15) is 5.82 Å². The van der Waals surface area contributed by atoms with Crippen molar-refractivity contribution < 1.29 is 14.3 Å². The van der Waals surface area contributed by atoms with E-state index in [1.54, 1.807) is 13.0 Å². The number of benzene rings is 1. The second-order valence-corrected chi connectivity index (χ2v) is 3.24. The van der Waals surface area contributed by atoms with Crippen molar-refractivity contribution >= 4 is 11.7 Å². The molecule has 0 heterocycles. The number of anilines is 1. The minimum Gasteiger partial charge on any atom is -0.395 e. The van der Waals surface area contributed by atoms with E-state index in [1.807, 2.05) is 0 Å². The highest BCUT2D eigenvalue weighted by atomic mass is 19.1. The summed E-state index contributed by atoms with van der Waals surface area (Å²) in [6.07, 6.45) is 0. The third kappa shape index (κ3) is 3.51. The highest BCUT2D eigenvalue weighted by Gasteiger charge is 2.10. The maximum absolute atomic E-state index is 12.8. The van der Waals surface area contributed by atoms with Gasteiger partial charge in [-0.15, -0.1) is 0 Å². The molecule has 2 N–H and O–H groups in total. The molecular weight excluding hydrogens is 211 g/mol. The van der Waals surface area contributed by atoms with Crippen LogP contribution in [0.1, 0.15) is 6.92 Å². The normalized spacial score (nSPS) is 9.94. The molecule has 0 saturated heterocycles. The number of aliphatic hydroxyl groups excluding tert-OH is 1. The van der Waals surface area contributed by atoms with Crippen molar-refractivity contribution in [1.82, 2.24) is 4.90 Å². The standard InChI is InChI=1S/C11H15FN2O2/c1-2-14(6-7-15)11(16)13-10-5-3-4-9(12)8-10/h3-5,8,15H,2,6-7H2,1H3,(H,13,16). The summed E-state index contributed by atoms with van der Waals surface area (Å²) in [4.78, 5) is 13.1. The Morgan fingerprint density at radius 3 is 2.88 bits per heavy atom. The lowest BCUT2D eigenvalue weighted by atomic mass is 10.3. The number of rotatable bonds is 4. The van der Waals surface area contributed by atoms with Crippen LogP contribution in [0.25, 0.3) is 0 Å². The first kappa shape index (κ1) is 12.4. The molecule has 1 aromatic carbocycles. The van der Waals surface area contributed by atoms with Crippen LogP contribution >= 0.6 is 0 Å². The van der Waals surface area contributed by atoms with E-state index in [0.717, 1.165) is 0 Å². The molecule has 0 saturated carbocycles. The first-order chi connectivity index (χ1) is 7.67. The van der Waals surface area contributed by atoms with Gasteiger partial charge >= 0.3 is 6.03 Å². The predicted octanol–water partition coefficient (Wildman–Crippen LogP) is 1.67. The van der Waals surface area contributed by atoms with E-state index in [2.05, 4.69) is 5.32 Å². The van der Waals surface area contributed by atoms with Crippen LogP contribution in [-0.2, 0) is 0 Å². The molecule has 16 heavy (non-hydrogen) atoms. The zero-order chi connectivity index (χ0) is 12.0. The Balaban J connectivity index is 2.62. The van der Waals surface area contributed by atoms with E-state index < -0.39 is 5.82 Å². The monoisotopic (exact) mass is 226 g/mol. The van der Waals surface area contributed by atoms with Crippen LogP contribution in [0.15, 0.2) is 24.3 Å². The number of hydrogen-bond acceptors (Lipinski definition) is 2.